The topological polar surface area (TPSA) is 58.4 Å². The molecule has 3 aliphatic rings. The van der Waals surface area contributed by atoms with Gasteiger partial charge < -0.3 is 5.11 Å². The Kier molecular flexibility index (Phi) is 4.01. The molecule has 1 N–H and O–H groups in total. The lowest BCUT2D eigenvalue weighted by Gasteiger charge is -2.32. The number of hydrogen-bond donors (Lipinski definition) is 1. The molecule has 0 bridgehead atoms. The number of aromatic nitrogens is 2. The fourth-order valence-electron chi connectivity index (χ4n) is 4.27. The molecule has 0 aromatic carbocycles. The van der Waals surface area contributed by atoms with E-state index in [0.717, 1.165) is 57.3 Å². The van der Waals surface area contributed by atoms with Crippen molar-refractivity contribution in [2.24, 2.45) is 0 Å². The van der Waals surface area contributed by atoms with Gasteiger partial charge >= 0.3 is 0 Å². The van der Waals surface area contributed by atoms with Crippen LogP contribution in [-0.4, -0.2) is 44.5 Å². The molecule has 1 aromatic heterocycles. The molecular weight excluding hydrogens is 290 g/mol. The second kappa shape index (κ2) is 6.02. The molecule has 4 rings (SSSR count). The molecule has 1 atom stereocenters. The first-order chi connectivity index (χ1) is 11.1. The van der Waals surface area contributed by atoms with Gasteiger partial charge in [0.05, 0.1) is 17.8 Å². The first-order valence-corrected chi connectivity index (χ1v) is 9.17. The van der Waals surface area contributed by atoms with E-state index in [-0.39, 0.29) is 5.56 Å². The average Bonchev–Trinajstić information content (AvgIpc) is 3.17. The van der Waals surface area contributed by atoms with Crippen LogP contribution in [0.5, 0.6) is 0 Å². The van der Waals surface area contributed by atoms with E-state index < -0.39 is 5.60 Å². The predicted octanol–water partition coefficient (Wildman–Crippen LogP) is 1.89. The zero-order chi connectivity index (χ0) is 15.9. The maximum absolute atomic E-state index is 12.1. The molecule has 3 fully saturated rings. The zero-order valence-electron chi connectivity index (χ0n) is 13.8. The molecule has 1 aliphatic heterocycles. The Morgan fingerprint density at radius 1 is 1.17 bits per heavy atom. The molecule has 126 valence electrons. The standard InChI is InChI=1S/C18H27N3O2/c22-17-8-7-16(14-5-6-14)19-21(17)12-15-4-3-11-20(15)13-18(23)9-1-2-10-18/h7-8,14-15,23H,1-6,9-13H2. The quantitative estimate of drug-likeness (QED) is 0.901. The van der Waals surface area contributed by atoms with Crippen molar-refractivity contribution in [1.29, 1.82) is 0 Å². The lowest BCUT2D eigenvalue weighted by atomic mass is 10.0. The van der Waals surface area contributed by atoms with Gasteiger partial charge in [-0.15, -0.1) is 0 Å². The summed E-state index contributed by atoms with van der Waals surface area (Å²) in [5, 5.41) is 15.3. The van der Waals surface area contributed by atoms with Gasteiger partial charge in [0, 0.05) is 24.6 Å². The third-order valence-corrected chi connectivity index (χ3v) is 5.80. The highest BCUT2D eigenvalue weighted by Crippen LogP contribution is 2.38. The molecule has 2 heterocycles. The SMILES string of the molecule is O=c1ccc(C2CC2)nn1CC1CCCN1CC1(O)CCCC1. The highest BCUT2D eigenvalue weighted by Gasteiger charge is 2.37. The van der Waals surface area contributed by atoms with Gasteiger partial charge in [0.25, 0.3) is 5.56 Å². The van der Waals surface area contributed by atoms with Crippen molar-refractivity contribution in [3.63, 3.8) is 0 Å². The summed E-state index contributed by atoms with van der Waals surface area (Å²) in [6, 6.07) is 3.90. The summed E-state index contributed by atoms with van der Waals surface area (Å²) < 4.78 is 1.66. The van der Waals surface area contributed by atoms with Gasteiger partial charge in [-0.1, -0.05) is 12.8 Å². The number of nitrogens with zero attached hydrogens (tertiary/aromatic N) is 3. The molecule has 1 unspecified atom stereocenters. The van der Waals surface area contributed by atoms with Crippen LogP contribution in [0.1, 0.15) is 63.0 Å². The van der Waals surface area contributed by atoms with Gasteiger partial charge in [-0.3, -0.25) is 9.69 Å². The molecule has 5 nitrogen and oxygen atoms in total. The van der Waals surface area contributed by atoms with Crippen LogP contribution in [0.2, 0.25) is 0 Å². The van der Waals surface area contributed by atoms with Crippen molar-refractivity contribution in [2.45, 2.75) is 75.5 Å². The van der Waals surface area contributed by atoms with Crippen LogP contribution in [0, 0.1) is 0 Å². The Bertz CT molecular complexity index is 617. The van der Waals surface area contributed by atoms with E-state index in [1.807, 2.05) is 6.07 Å². The third kappa shape index (κ3) is 3.36. The fourth-order valence-corrected chi connectivity index (χ4v) is 4.27. The van der Waals surface area contributed by atoms with Gasteiger partial charge in [0.15, 0.2) is 0 Å². The number of β-amino-alcohol motifs (C(OH)–C–C–N with tert-alkyl or cyclic N) is 1. The highest BCUT2D eigenvalue weighted by molar-refractivity contribution is 5.12. The largest absolute Gasteiger partial charge is 0.389 e. The van der Waals surface area contributed by atoms with E-state index in [9.17, 15) is 9.90 Å². The van der Waals surface area contributed by atoms with E-state index >= 15 is 0 Å². The smallest absolute Gasteiger partial charge is 0.266 e. The molecule has 0 spiro atoms. The summed E-state index contributed by atoms with van der Waals surface area (Å²) in [6.45, 7) is 2.45. The van der Waals surface area contributed by atoms with Gasteiger partial charge in [0.2, 0.25) is 0 Å². The van der Waals surface area contributed by atoms with Crippen LogP contribution in [0.15, 0.2) is 16.9 Å². The van der Waals surface area contributed by atoms with E-state index in [0.29, 0.717) is 18.5 Å². The summed E-state index contributed by atoms with van der Waals surface area (Å²) in [5.74, 6) is 0.570. The fraction of sp³-hybridized carbons (Fsp3) is 0.778. The summed E-state index contributed by atoms with van der Waals surface area (Å²) in [5.41, 5.74) is 0.570. The Morgan fingerprint density at radius 3 is 2.70 bits per heavy atom. The zero-order valence-corrected chi connectivity index (χ0v) is 13.8. The first kappa shape index (κ1) is 15.3. The molecule has 5 heteroatoms. The highest BCUT2D eigenvalue weighted by atomic mass is 16.3. The van der Waals surface area contributed by atoms with Crippen molar-refractivity contribution in [2.75, 3.05) is 13.1 Å². The van der Waals surface area contributed by atoms with Crippen LogP contribution in [0.4, 0.5) is 0 Å². The van der Waals surface area contributed by atoms with Crippen molar-refractivity contribution in [1.82, 2.24) is 14.7 Å². The Balaban J connectivity index is 1.46. The molecule has 1 saturated heterocycles. The monoisotopic (exact) mass is 317 g/mol. The molecule has 0 radical (unpaired) electrons. The maximum atomic E-state index is 12.1. The minimum atomic E-state index is -0.503. The maximum Gasteiger partial charge on any atom is 0.266 e. The minimum Gasteiger partial charge on any atom is -0.389 e. The summed E-state index contributed by atoms with van der Waals surface area (Å²) in [6.07, 6.45) is 8.77. The molecular formula is C18H27N3O2. The van der Waals surface area contributed by atoms with Gasteiger partial charge in [-0.05, 0) is 51.1 Å². The normalized spacial score (nSPS) is 27.6. The van der Waals surface area contributed by atoms with E-state index in [1.165, 1.54) is 12.8 Å². The molecule has 2 saturated carbocycles. The van der Waals surface area contributed by atoms with Crippen LogP contribution < -0.4 is 5.56 Å². The van der Waals surface area contributed by atoms with Crippen molar-refractivity contribution in [3.8, 4) is 0 Å². The summed E-state index contributed by atoms with van der Waals surface area (Å²) in [4.78, 5) is 14.5. The first-order valence-electron chi connectivity index (χ1n) is 9.17. The van der Waals surface area contributed by atoms with Crippen LogP contribution in [0.25, 0.3) is 0 Å². The molecule has 2 aliphatic carbocycles. The summed E-state index contributed by atoms with van der Waals surface area (Å²) >= 11 is 0. The number of aliphatic hydroxyl groups is 1. The van der Waals surface area contributed by atoms with Gasteiger partial charge in [0.1, 0.15) is 0 Å². The molecule has 1 aromatic rings. The minimum absolute atomic E-state index is 0.000767. The Labute approximate surface area is 137 Å². The van der Waals surface area contributed by atoms with E-state index in [1.54, 1.807) is 10.7 Å². The van der Waals surface area contributed by atoms with Crippen molar-refractivity contribution < 1.29 is 5.11 Å². The van der Waals surface area contributed by atoms with Gasteiger partial charge in [-0.2, -0.15) is 5.10 Å². The van der Waals surface area contributed by atoms with Crippen LogP contribution in [-0.2, 0) is 6.54 Å². The Morgan fingerprint density at radius 2 is 1.96 bits per heavy atom. The average molecular weight is 317 g/mol. The predicted molar refractivity (Wildman–Crippen MR) is 88.5 cm³/mol. The van der Waals surface area contributed by atoms with Crippen LogP contribution >= 0.6 is 0 Å². The number of hydrogen-bond acceptors (Lipinski definition) is 4. The summed E-state index contributed by atoms with van der Waals surface area (Å²) in [7, 11) is 0. The second-order valence-electron chi connectivity index (χ2n) is 7.75. The molecule has 0 amide bonds. The lowest BCUT2D eigenvalue weighted by Crippen LogP contribution is -2.45. The van der Waals surface area contributed by atoms with E-state index in [4.69, 9.17) is 0 Å². The number of rotatable bonds is 5. The Hall–Kier alpha value is -1.20. The van der Waals surface area contributed by atoms with Crippen molar-refractivity contribution in [3.05, 3.63) is 28.2 Å². The van der Waals surface area contributed by atoms with Crippen molar-refractivity contribution >= 4 is 0 Å². The third-order valence-electron chi connectivity index (χ3n) is 5.80. The molecule has 23 heavy (non-hydrogen) atoms. The van der Waals surface area contributed by atoms with E-state index in [2.05, 4.69) is 10.00 Å². The lowest BCUT2D eigenvalue weighted by molar-refractivity contribution is 0.00354. The van der Waals surface area contributed by atoms with Gasteiger partial charge in [-0.25, -0.2) is 4.68 Å². The second-order valence-corrected chi connectivity index (χ2v) is 7.75. The number of likely N-dealkylation sites (tertiary alicyclic amines) is 1. The van der Waals surface area contributed by atoms with Crippen LogP contribution in [0.3, 0.4) is 0 Å².